The molecule has 0 saturated carbocycles. The van der Waals surface area contributed by atoms with Gasteiger partial charge in [-0.05, 0) is 31.9 Å². The monoisotopic (exact) mass is 282 g/mol. The molecule has 4 nitrogen and oxygen atoms in total. The van der Waals surface area contributed by atoms with Crippen molar-refractivity contribution in [3.8, 4) is 0 Å². The third-order valence-corrected chi connectivity index (χ3v) is 4.17. The van der Waals surface area contributed by atoms with E-state index in [-0.39, 0.29) is 6.04 Å². The van der Waals surface area contributed by atoms with Gasteiger partial charge in [-0.2, -0.15) is 0 Å². The molecule has 1 fully saturated rings. The second-order valence-electron chi connectivity index (χ2n) is 5.45. The van der Waals surface area contributed by atoms with Crippen LogP contribution in [-0.4, -0.2) is 38.7 Å². The van der Waals surface area contributed by atoms with E-state index in [2.05, 4.69) is 40.8 Å². The van der Waals surface area contributed by atoms with Gasteiger partial charge in [-0.25, -0.2) is 13.1 Å². The van der Waals surface area contributed by atoms with E-state index in [0.717, 1.165) is 32.5 Å². The summed E-state index contributed by atoms with van der Waals surface area (Å²) in [5, 5.41) is 0. The molecule has 1 N–H and O–H groups in total. The van der Waals surface area contributed by atoms with Crippen molar-refractivity contribution in [2.75, 3.05) is 19.3 Å². The molecule has 1 aliphatic rings. The Morgan fingerprint density at radius 3 is 2.63 bits per heavy atom. The molecular formula is C14H22N2O2S. The van der Waals surface area contributed by atoms with Crippen LogP contribution in [0.2, 0.25) is 0 Å². The average Bonchev–Trinajstić information content (AvgIpc) is 2.30. The lowest BCUT2D eigenvalue weighted by atomic mass is 10.1. The van der Waals surface area contributed by atoms with Crippen molar-refractivity contribution < 1.29 is 8.42 Å². The highest BCUT2D eigenvalue weighted by Crippen LogP contribution is 2.14. The van der Waals surface area contributed by atoms with Crippen molar-refractivity contribution in [3.63, 3.8) is 0 Å². The number of nitrogens with one attached hydrogen (secondary N) is 1. The molecule has 1 heterocycles. The van der Waals surface area contributed by atoms with Crippen molar-refractivity contribution in [2.24, 2.45) is 0 Å². The zero-order valence-electron chi connectivity index (χ0n) is 11.6. The summed E-state index contributed by atoms with van der Waals surface area (Å²) in [6, 6.07) is 8.57. The number of likely N-dealkylation sites (tertiary alicyclic amines) is 1. The Labute approximate surface area is 115 Å². The van der Waals surface area contributed by atoms with Crippen LogP contribution in [0, 0.1) is 6.92 Å². The fourth-order valence-corrected chi connectivity index (χ4v) is 3.35. The number of hydrogen-bond donors (Lipinski definition) is 1. The largest absolute Gasteiger partial charge is 0.298 e. The first-order chi connectivity index (χ1) is 8.92. The van der Waals surface area contributed by atoms with Crippen molar-refractivity contribution in [1.82, 2.24) is 9.62 Å². The molecule has 0 aliphatic carbocycles. The zero-order valence-corrected chi connectivity index (χ0v) is 12.4. The Balaban J connectivity index is 1.92. The molecule has 1 aromatic rings. The minimum absolute atomic E-state index is 0.0502. The molecule has 1 aromatic carbocycles. The number of hydrogen-bond acceptors (Lipinski definition) is 3. The maximum atomic E-state index is 11.3. The van der Waals surface area contributed by atoms with Crippen LogP contribution >= 0.6 is 0 Å². The van der Waals surface area contributed by atoms with Gasteiger partial charge in [-0.3, -0.25) is 4.90 Å². The molecule has 106 valence electrons. The molecule has 5 heteroatoms. The highest BCUT2D eigenvalue weighted by Gasteiger charge is 2.22. The molecule has 2 rings (SSSR count). The van der Waals surface area contributed by atoms with E-state index in [4.69, 9.17) is 0 Å². The molecule has 0 spiro atoms. The second-order valence-corrected chi connectivity index (χ2v) is 7.23. The van der Waals surface area contributed by atoms with Gasteiger partial charge in [0, 0.05) is 19.1 Å². The molecule has 0 amide bonds. The van der Waals surface area contributed by atoms with Gasteiger partial charge in [0.15, 0.2) is 0 Å². The van der Waals surface area contributed by atoms with Crippen LogP contribution in [0.15, 0.2) is 24.3 Å². The lowest BCUT2D eigenvalue weighted by molar-refractivity contribution is 0.194. The van der Waals surface area contributed by atoms with Crippen LogP contribution in [0.4, 0.5) is 0 Å². The van der Waals surface area contributed by atoms with Crippen molar-refractivity contribution in [3.05, 3.63) is 35.4 Å². The fraction of sp³-hybridized carbons (Fsp3) is 0.571. The summed E-state index contributed by atoms with van der Waals surface area (Å²) < 4.78 is 25.3. The molecule has 1 saturated heterocycles. The summed E-state index contributed by atoms with van der Waals surface area (Å²) in [4.78, 5) is 2.32. The standard InChI is InChI=1S/C14H22N2O2S/c1-12-5-7-13(8-6-12)10-16-9-3-4-14(11-16)15-19(2,17)18/h5-8,14-15H,3-4,9-11H2,1-2H3. The Hall–Kier alpha value is -0.910. The molecule has 0 aromatic heterocycles. The predicted molar refractivity (Wildman–Crippen MR) is 77.5 cm³/mol. The summed E-state index contributed by atoms with van der Waals surface area (Å²) in [5.41, 5.74) is 2.55. The zero-order chi connectivity index (χ0) is 13.9. The summed E-state index contributed by atoms with van der Waals surface area (Å²) in [6.45, 7) is 4.80. The first-order valence-electron chi connectivity index (χ1n) is 6.67. The Bertz CT molecular complexity index is 511. The summed E-state index contributed by atoms with van der Waals surface area (Å²) in [6.07, 6.45) is 3.20. The van der Waals surface area contributed by atoms with E-state index in [0.29, 0.717) is 0 Å². The lowest BCUT2D eigenvalue weighted by Gasteiger charge is -2.32. The number of rotatable bonds is 4. The Morgan fingerprint density at radius 2 is 2.00 bits per heavy atom. The molecule has 1 unspecified atom stereocenters. The van der Waals surface area contributed by atoms with E-state index in [1.807, 2.05) is 0 Å². The molecule has 19 heavy (non-hydrogen) atoms. The molecular weight excluding hydrogens is 260 g/mol. The maximum Gasteiger partial charge on any atom is 0.208 e. The minimum Gasteiger partial charge on any atom is -0.298 e. The number of aryl methyl sites for hydroxylation is 1. The highest BCUT2D eigenvalue weighted by atomic mass is 32.2. The predicted octanol–water partition coefficient (Wildman–Crippen LogP) is 1.51. The van der Waals surface area contributed by atoms with Crippen molar-refractivity contribution in [1.29, 1.82) is 0 Å². The van der Waals surface area contributed by atoms with Crippen LogP contribution in [0.5, 0.6) is 0 Å². The highest BCUT2D eigenvalue weighted by molar-refractivity contribution is 7.88. The SMILES string of the molecule is Cc1ccc(CN2CCCC(NS(C)(=O)=O)C2)cc1. The fourth-order valence-electron chi connectivity index (χ4n) is 2.55. The van der Waals surface area contributed by atoms with Gasteiger partial charge in [-0.15, -0.1) is 0 Å². The Morgan fingerprint density at radius 1 is 1.32 bits per heavy atom. The van der Waals surface area contributed by atoms with E-state index >= 15 is 0 Å². The number of piperidine rings is 1. The van der Waals surface area contributed by atoms with E-state index in [9.17, 15) is 8.42 Å². The van der Waals surface area contributed by atoms with Gasteiger partial charge in [0.25, 0.3) is 0 Å². The third kappa shape index (κ3) is 4.93. The minimum atomic E-state index is -3.10. The molecule has 0 bridgehead atoms. The van der Waals surface area contributed by atoms with Crippen LogP contribution in [0.3, 0.4) is 0 Å². The smallest absolute Gasteiger partial charge is 0.208 e. The topological polar surface area (TPSA) is 49.4 Å². The number of nitrogens with zero attached hydrogens (tertiary/aromatic N) is 1. The van der Waals surface area contributed by atoms with Crippen LogP contribution in [0.1, 0.15) is 24.0 Å². The van der Waals surface area contributed by atoms with Gasteiger partial charge in [-0.1, -0.05) is 29.8 Å². The van der Waals surface area contributed by atoms with Gasteiger partial charge in [0.05, 0.1) is 6.26 Å². The van der Waals surface area contributed by atoms with E-state index in [1.165, 1.54) is 17.4 Å². The summed E-state index contributed by atoms with van der Waals surface area (Å²) in [5.74, 6) is 0. The lowest BCUT2D eigenvalue weighted by Crippen LogP contribution is -2.46. The van der Waals surface area contributed by atoms with Gasteiger partial charge >= 0.3 is 0 Å². The molecule has 0 radical (unpaired) electrons. The first kappa shape index (κ1) is 14.5. The second kappa shape index (κ2) is 6.03. The van der Waals surface area contributed by atoms with Crippen molar-refractivity contribution >= 4 is 10.0 Å². The van der Waals surface area contributed by atoms with Crippen LogP contribution in [0.25, 0.3) is 0 Å². The van der Waals surface area contributed by atoms with Gasteiger partial charge < -0.3 is 0 Å². The normalized spacial score (nSPS) is 21.5. The van der Waals surface area contributed by atoms with Crippen LogP contribution in [-0.2, 0) is 16.6 Å². The van der Waals surface area contributed by atoms with Crippen LogP contribution < -0.4 is 4.72 Å². The van der Waals surface area contributed by atoms with Gasteiger partial charge in [0.2, 0.25) is 10.0 Å². The quantitative estimate of drug-likeness (QED) is 0.910. The third-order valence-electron chi connectivity index (χ3n) is 3.41. The number of sulfonamides is 1. The molecule has 1 aliphatic heterocycles. The Kier molecular flexibility index (Phi) is 4.60. The first-order valence-corrected chi connectivity index (χ1v) is 8.57. The summed E-state index contributed by atoms with van der Waals surface area (Å²) in [7, 11) is -3.10. The van der Waals surface area contributed by atoms with Crippen molar-refractivity contribution in [2.45, 2.75) is 32.4 Å². The van der Waals surface area contributed by atoms with Gasteiger partial charge in [0.1, 0.15) is 0 Å². The van der Waals surface area contributed by atoms with E-state index < -0.39 is 10.0 Å². The van der Waals surface area contributed by atoms with E-state index in [1.54, 1.807) is 0 Å². The maximum absolute atomic E-state index is 11.3. The number of benzene rings is 1. The average molecular weight is 282 g/mol. The molecule has 1 atom stereocenters. The summed E-state index contributed by atoms with van der Waals surface area (Å²) >= 11 is 0.